The number of aromatic amines is 2. The summed E-state index contributed by atoms with van der Waals surface area (Å²) in [6.45, 7) is 0. The molecule has 0 atom stereocenters. The van der Waals surface area contributed by atoms with Crippen LogP contribution in [0.2, 0.25) is 0 Å². The highest BCUT2D eigenvalue weighted by molar-refractivity contribution is 6.04. The summed E-state index contributed by atoms with van der Waals surface area (Å²) in [7, 11) is 2.32. The number of carbonyl (C=O) groups excluding carboxylic acids is 3. The van der Waals surface area contributed by atoms with Crippen LogP contribution in [0.15, 0.2) is 33.9 Å². The number of carbonyl (C=O) groups is 3. The van der Waals surface area contributed by atoms with E-state index in [4.69, 9.17) is 0 Å². The van der Waals surface area contributed by atoms with E-state index < -0.39 is 29.1 Å². The number of nitrogens with one attached hydrogen (secondary N) is 3. The molecule has 130 valence electrons. The first-order valence-electron chi connectivity index (χ1n) is 6.80. The van der Waals surface area contributed by atoms with Crippen LogP contribution in [0.5, 0.6) is 0 Å². The average Bonchev–Trinajstić information content (AvgIpc) is 2.59. The monoisotopic (exact) mass is 347 g/mol. The summed E-state index contributed by atoms with van der Waals surface area (Å²) in [5.41, 5.74) is -1.84. The fourth-order valence-electron chi connectivity index (χ4n) is 1.96. The van der Waals surface area contributed by atoms with Crippen molar-refractivity contribution in [3.63, 3.8) is 0 Å². The Morgan fingerprint density at radius 1 is 0.880 bits per heavy atom. The molecule has 0 saturated carbocycles. The maximum absolute atomic E-state index is 12.2. The van der Waals surface area contributed by atoms with E-state index in [-0.39, 0.29) is 22.5 Å². The van der Waals surface area contributed by atoms with Gasteiger partial charge in [-0.3, -0.25) is 14.6 Å². The summed E-state index contributed by atoms with van der Waals surface area (Å²) < 4.78 is 9.17. The van der Waals surface area contributed by atoms with Crippen LogP contribution in [0.1, 0.15) is 31.2 Å². The van der Waals surface area contributed by atoms with Crippen molar-refractivity contribution in [3.8, 4) is 0 Å². The third-order valence-corrected chi connectivity index (χ3v) is 3.04. The molecule has 0 bridgehead atoms. The first-order valence-corrected chi connectivity index (χ1v) is 6.80. The van der Waals surface area contributed by atoms with E-state index in [1.807, 2.05) is 4.98 Å². The van der Waals surface area contributed by atoms with Gasteiger partial charge < -0.3 is 19.8 Å². The first-order chi connectivity index (χ1) is 11.8. The van der Waals surface area contributed by atoms with Crippen LogP contribution in [0.3, 0.4) is 0 Å². The van der Waals surface area contributed by atoms with Gasteiger partial charge in [-0.2, -0.15) is 0 Å². The third-order valence-electron chi connectivity index (χ3n) is 3.04. The predicted octanol–water partition coefficient (Wildman–Crippen LogP) is -0.111. The zero-order chi connectivity index (χ0) is 18.6. The molecule has 0 unspecified atom stereocenters. The summed E-state index contributed by atoms with van der Waals surface area (Å²) in [5.74, 6) is -2.28. The Balaban J connectivity index is 2.41. The molecule has 10 heteroatoms. The van der Waals surface area contributed by atoms with Gasteiger partial charge in [-0.1, -0.05) is 0 Å². The normalized spacial score (nSPS) is 10.0. The highest BCUT2D eigenvalue weighted by Gasteiger charge is 2.16. The molecule has 0 spiro atoms. The van der Waals surface area contributed by atoms with Gasteiger partial charge in [0.25, 0.3) is 11.5 Å². The molecule has 0 saturated heterocycles. The van der Waals surface area contributed by atoms with Crippen molar-refractivity contribution in [2.45, 2.75) is 0 Å². The standard InChI is InChI=1S/C15H13N3O7/c1-24-13(21)7-3-8(14(22)25-2)5-9(4-7)16-12(20)10-6-11(19)18-15(23)17-10/h3-6H,1-2H3,(H,16,20)(H2,17,18,19,23). The van der Waals surface area contributed by atoms with Gasteiger partial charge in [0.15, 0.2) is 0 Å². The summed E-state index contributed by atoms with van der Waals surface area (Å²) in [6.07, 6.45) is 0. The molecule has 0 fully saturated rings. The number of ether oxygens (including phenoxy) is 2. The van der Waals surface area contributed by atoms with E-state index in [2.05, 4.69) is 19.8 Å². The van der Waals surface area contributed by atoms with Gasteiger partial charge in [-0.05, 0) is 18.2 Å². The lowest BCUT2D eigenvalue weighted by atomic mass is 10.1. The van der Waals surface area contributed by atoms with E-state index in [1.165, 1.54) is 18.2 Å². The van der Waals surface area contributed by atoms with Gasteiger partial charge in [-0.15, -0.1) is 0 Å². The molecule has 10 nitrogen and oxygen atoms in total. The molecule has 0 aliphatic heterocycles. The van der Waals surface area contributed by atoms with Crippen molar-refractivity contribution in [2.75, 3.05) is 19.5 Å². The van der Waals surface area contributed by atoms with E-state index in [9.17, 15) is 24.0 Å². The molecular formula is C15H13N3O7. The van der Waals surface area contributed by atoms with Crippen molar-refractivity contribution in [3.05, 3.63) is 61.9 Å². The summed E-state index contributed by atoms with van der Waals surface area (Å²) in [4.78, 5) is 62.1. The number of amides is 1. The molecule has 1 aromatic heterocycles. The lowest BCUT2D eigenvalue weighted by molar-refractivity contribution is 0.0599. The molecule has 2 rings (SSSR count). The number of hydrogen-bond donors (Lipinski definition) is 3. The quantitative estimate of drug-likeness (QED) is 0.654. The van der Waals surface area contributed by atoms with Gasteiger partial charge in [0.05, 0.1) is 25.3 Å². The topological polar surface area (TPSA) is 147 Å². The number of anilines is 1. The molecule has 1 amide bonds. The molecular weight excluding hydrogens is 334 g/mol. The number of rotatable bonds is 4. The summed E-state index contributed by atoms with van der Waals surface area (Å²) >= 11 is 0. The van der Waals surface area contributed by atoms with Gasteiger partial charge in [0.2, 0.25) is 0 Å². The van der Waals surface area contributed by atoms with E-state index >= 15 is 0 Å². The number of benzene rings is 1. The smallest absolute Gasteiger partial charge is 0.337 e. The maximum atomic E-state index is 12.2. The van der Waals surface area contributed by atoms with Crippen LogP contribution in [0.25, 0.3) is 0 Å². The largest absolute Gasteiger partial charge is 0.465 e. The Bertz CT molecular complexity index is 896. The second kappa shape index (κ2) is 7.25. The van der Waals surface area contributed by atoms with Crippen molar-refractivity contribution in [1.82, 2.24) is 9.97 Å². The van der Waals surface area contributed by atoms with E-state index in [0.29, 0.717) is 0 Å². The number of hydrogen-bond acceptors (Lipinski definition) is 7. The number of H-pyrrole nitrogens is 2. The van der Waals surface area contributed by atoms with E-state index in [0.717, 1.165) is 20.3 Å². The lowest BCUT2D eigenvalue weighted by Crippen LogP contribution is -2.27. The Morgan fingerprint density at radius 2 is 1.44 bits per heavy atom. The minimum atomic E-state index is -0.851. The fraction of sp³-hybridized carbons (Fsp3) is 0.133. The number of methoxy groups -OCH3 is 2. The number of esters is 2. The Morgan fingerprint density at radius 3 is 1.92 bits per heavy atom. The number of aromatic nitrogens is 2. The maximum Gasteiger partial charge on any atom is 0.337 e. The zero-order valence-corrected chi connectivity index (χ0v) is 13.2. The lowest BCUT2D eigenvalue weighted by Gasteiger charge is -2.09. The molecule has 1 heterocycles. The Hall–Kier alpha value is -3.69. The van der Waals surface area contributed by atoms with Crippen molar-refractivity contribution < 1.29 is 23.9 Å². The zero-order valence-electron chi connectivity index (χ0n) is 13.2. The Kier molecular flexibility index (Phi) is 5.12. The minimum absolute atomic E-state index is 0.0000948. The van der Waals surface area contributed by atoms with Gasteiger partial charge in [-0.25, -0.2) is 14.4 Å². The molecule has 25 heavy (non-hydrogen) atoms. The molecule has 0 radical (unpaired) electrons. The molecule has 0 aliphatic carbocycles. The van der Waals surface area contributed by atoms with Crippen LogP contribution in [-0.4, -0.2) is 42.0 Å². The highest BCUT2D eigenvalue weighted by atomic mass is 16.5. The molecule has 2 aromatic rings. The van der Waals surface area contributed by atoms with Crippen molar-refractivity contribution in [2.24, 2.45) is 0 Å². The van der Waals surface area contributed by atoms with E-state index in [1.54, 1.807) is 0 Å². The Labute approximate surface area is 139 Å². The van der Waals surface area contributed by atoms with Crippen molar-refractivity contribution in [1.29, 1.82) is 0 Å². The minimum Gasteiger partial charge on any atom is -0.465 e. The van der Waals surface area contributed by atoms with Crippen LogP contribution in [-0.2, 0) is 9.47 Å². The summed E-state index contributed by atoms with van der Waals surface area (Å²) in [5, 5.41) is 2.37. The molecule has 0 aliphatic rings. The van der Waals surface area contributed by atoms with Crippen LogP contribution in [0, 0.1) is 0 Å². The fourth-order valence-corrected chi connectivity index (χ4v) is 1.96. The predicted molar refractivity (Wildman–Crippen MR) is 84.8 cm³/mol. The van der Waals surface area contributed by atoms with Crippen molar-refractivity contribution >= 4 is 23.5 Å². The third kappa shape index (κ3) is 4.19. The second-order valence-corrected chi connectivity index (χ2v) is 4.74. The van der Waals surface area contributed by atoms with Gasteiger partial charge >= 0.3 is 17.6 Å². The van der Waals surface area contributed by atoms with Gasteiger partial charge in [0.1, 0.15) is 5.69 Å². The van der Waals surface area contributed by atoms with Gasteiger partial charge in [0, 0.05) is 11.8 Å². The first kappa shape index (κ1) is 17.7. The SMILES string of the molecule is COC(=O)c1cc(NC(=O)c2cc(=O)[nH]c(=O)[nH]2)cc(C(=O)OC)c1. The second-order valence-electron chi connectivity index (χ2n) is 4.74. The molecule has 3 N–H and O–H groups in total. The summed E-state index contributed by atoms with van der Waals surface area (Å²) in [6, 6.07) is 4.66. The average molecular weight is 347 g/mol. The highest BCUT2D eigenvalue weighted by Crippen LogP contribution is 2.17. The molecule has 1 aromatic carbocycles. The van der Waals surface area contributed by atoms with Crippen LogP contribution >= 0.6 is 0 Å². The van der Waals surface area contributed by atoms with Crippen LogP contribution < -0.4 is 16.6 Å². The van der Waals surface area contributed by atoms with Crippen LogP contribution in [0.4, 0.5) is 5.69 Å².